The molecule has 4 N–H and O–H groups in total. The summed E-state index contributed by atoms with van der Waals surface area (Å²) in [7, 11) is -5.07. The van der Waals surface area contributed by atoms with Crippen molar-refractivity contribution in [2.24, 2.45) is 0 Å². The molecule has 0 aromatic heterocycles. The molecule has 0 amide bonds. The predicted octanol–water partition coefficient (Wildman–Crippen LogP) is 11.5. The van der Waals surface area contributed by atoms with E-state index < -0.39 is 59.8 Å². The number of hydrogen-bond donors (Lipinski definition) is 4. The second kappa shape index (κ2) is 42.9. The molecule has 13 heteroatoms. The number of aliphatic hydroxyl groups is 3. The molecule has 1 rings (SSSR count). The number of unbranched alkanes of at least 4 members (excludes halogenated alkanes) is 18. The third kappa shape index (κ3) is 36.3. The van der Waals surface area contributed by atoms with E-state index in [4.69, 9.17) is 18.9 Å². The number of carbonyl (C=O) groups is 1. The highest BCUT2D eigenvalue weighted by atomic mass is 32.3. The molecule has 65 heavy (non-hydrogen) atoms. The van der Waals surface area contributed by atoms with Crippen LogP contribution in [-0.4, -0.2) is 97.5 Å². The van der Waals surface area contributed by atoms with Crippen molar-refractivity contribution in [2.45, 2.75) is 224 Å². The molecule has 0 aromatic carbocycles. The van der Waals surface area contributed by atoms with Gasteiger partial charge in [0.2, 0.25) is 0 Å². The van der Waals surface area contributed by atoms with Crippen LogP contribution in [0.5, 0.6) is 0 Å². The lowest BCUT2D eigenvalue weighted by Gasteiger charge is -2.41. The molecule has 1 aliphatic heterocycles. The summed E-state index contributed by atoms with van der Waals surface area (Å²) in [6.07, 6.45) is 46.5. The van der Waals surface area contributed by atoms with Gasteiger partial charge in [0.15, 0.2) is 6.29 Å². The molecule has 1 fully saturated rings. The molecule has 0 radical (unpaired) electrons. The summed E-state index contributed by atoms with van der Waals surface area (Å²) >= 11 is 0. The summed E-state index contributed by atoms with van der Waals surface area (Å²) in [6, 6.07) is 0. The molecule has 0 bridgehead atoms. The molecular formula is C52H90O12S. The maximum atomic E-state index is 12.9. The number of carbonyl (C=O) groups excluding carboxylic acids is 1. The van der Waals surface area contributed by atoms with Gasteiger partial charge >= 0.3 is 16.4 Å². The van der Waals surface area contributed by atoms with Crippen LogP contribution in [0.1, 0.15) is 187 Å². The van der Waals surface area contributed by atoms with Gasteiger partial charge in [0.25, 0.3) is 0 Å². The molecule has 0 saturated carbocycles. The van der Waals surface area contributed by atoms with Crippen LogP contribution in [0, 0.1) is 0 Å². The Morgan fingerprint density at radius 1 is 0.600 bits per heavy atom. The van der Waals surface area contributed by atoms with Crippen LogP contribution >= 0.6 is 0 Å². The van der Waals surface area contributed by atoms with Gasteiger partial charge in [-0.1, -0.05) is 170 Å². The lowest BCUT2D eigenvalue weighted by atomic mass is 9.99. The van der Waals surface area contributed by atoms with Crippen molar-refractivity contribution in [3.8, 4) is 0 Å². The third-order valence-electron chi connectivity index (χ3n) is 11.1. The second-order valence-corrected chi connectivity index (χ2v) is 18.1. The maximum Gasteiger partial charge on any atom is 0.397 e. The van der Waals surface area contributed by atoms with Crippen LogP contribution in [0.25, 0.3) is 0 Å². The Hall–Kier alpha value is -2.46. The van der Waals surface area contributed by atoms with Crippen LogP contribution in [-0.2, 0) is 38.3 Å². The molecule has 12 nitrogen and oxygen atoms in total. The SMILES string of the molecule is CC/C=C\C/C=C\C/C=C\C/C=C\C/C=C\CCCCCCCCCCCC(=O)OC(COCCCCCCCC/C=C\CCCCC)COC1OC(CO)C(O)C(OS(=O)(=O)O)C1O. The molecule has 1 heterocycles. The Balaban J connectivity index is 2.34. The van der Waals surface area contributed by atoms with Crippen molar-refractivity contribution in [1.82, 2.24) is 0 Å². The number of esters is 1. The van der Waals surface area contributed by atoms with E-state index in [-0.39, 0.29) is 19.6 Å². The standard InChI is InChI=1S/C52H90O12S/c1-3-5-7-9-11-13-15-17-18-19-20-21-22-23-24-25-26-27-28-29-31-33-35-37-39-41-48(54)62-46(44-60-42-40-38-36-34-32-30-16-14-12-10-8-6-4-2)45-61-52-50(56)51(64-65(57,58)59)49(55)47(43-53)63-52/h5,7,11-14,17-18,20-21,23-24,46-47,49-53,55-56H,3-4,6,8-10,15-16,19,22,25-45H2,1-2H3,(H,57,58,59)/b7-5-,13-11-,14-12-,18-17-,21-20-,24-23-. The number of rotatable bonds is 43. The first-order valence-corrected chi connectivity index (χ1v) is 26.6. The number of allylic oxidation sites excluding steroid dienone is 12. The number of aliphatic hydroxyl groups excluding tert-OH is 3. The number of hydrogen-bond acceptors (Lipinski definition) is 11. The van der Waals surface area contributed by atoms with Crippen LogP contribution in [0.2, 0.25) is 0 Å². The maximum absolute atomic E-state index is 12.9. The zero-order valence-electron chi connectivity index (χ0n) is 40.3. The van der Waals surface area contributed by atoms with Crippen LogP contribution in [0.4, 0.5) is 0 Å². The monoisotopic (exact) mass is 939 g/mol. The Bertz CT molecular complexity index is 1410. The molecule has 0 aliphatic carbocycles. The molecule has 376 valence electrons. The quantitative estimate of drug-likeness (QED) is 0.0197. The van der Waals surface area contributed by atoms with Crippen molar-refractivity contribution >= 4 is 16.4 Å². The topological polar surface area (TPSA) is 178 Å². The van der Waals surface area contributed by atoms with E-state index in [1.54, 1.807) is 0 Å². The first-order chi connectivity index (χ1) is 31.6. The molecular weight excluding hydrogens is 849 g/mol. The summed E-state index contributed by atoms with van der Waals surface area (Å²) < 4.78 is 59.2. The molecule has 6 atom stereocenters. The minimum Gasteiger partial charge on any atom is -0.457 e. The normalized spacial score (nSPS) is 20.2. The summed E-state index contributed by atoms with van der Waals surface area (Å²) in [4.78, 5) is 12.9. The molecule has 1 aliphatic rings. The van der Waals surface area contributed by atoms with Gasteiger partial charge in [-0.15, -0.1) is 0 Å². The zero-order valence-corrected chi connectivity index (χ0v) is 41.1. The van der Waals surface area contributed by atoms with Gasteiger partial charge in [-0.05, 0) is 83.5 Å². The van der Waals surface area contributed by atoms with Crippen LogP contribution in [0.3, 0.4) is 0 Å². The summed E-state index contributed by atoms with van der Waals surface area (Å²) in [6.45, 7) is 3.83. The van der Waals surface area contributed by atoms with Crippen molar-refractivity contribution in [3.05, 3.63) is 72.9 Å². The van der Waals surface area contributed by atoms with Crippen LogP contribution < -0.4 is 0 Å². The average Bonchev–Trinajstić information content (AvgIpc) is 3.28. The van der Waals surface area contributed by atoms with Gasteiger partial charge in [0, 0.05) is 13.0 Å². The van der Waals surface area contributed by atoms with E-state index in [0.29, 0.717) is 13.0 Å². The van der Waals surface area contributed by atoms with E-state index in [2.05, 4.69) is 90.9 Å². The summed E-state index contributed by atoms with van der Waals surface area (Å²) in [5.74, 6) is -0.410. The smallest absolute Gasteiger partial charge is 0.397 e. The Labute approximate surface area is 394 Å². The van der Waals surface area contributed by atoms with Gasteiger partial charge < -0.3 is 34.3 Å². The van der Waals surface area contributed by atoms with E-state index in [0.717, 1.165) is 83.5 Å². The van der Waals surface area contributed by atoms with Gasteiger partial charge in [-0.25, -0.2) is 4.18 Å². The molecule has 1 saturated heterocycles. The Kier molecular flexibility index (Phi) is 39.9. The fraction of sp³-hybridized carbons (Fsp3) is 0.750. The third-order valence-corrected chi connectivity index (χ3v) is 11.5. The van der Waals surface area contributed by atoms with Crippen molar-refractivity contribution in [1.29, 1.82) is 0 Å². The first kappa shape index (κ1) is 60.6. The lowest BCUT2D eigenvalue weighted by Crippen LogP contribution is -2.60. The highest BCUT2D eigenvalue weighted by Crippen LogP contribution is 2.26. The van der Waals surface area contributed by atoms with Gasteiger partial charge in [0.1, 0.15) is 30.5 Å². The second-order valence-electron chi connectivity index (χ2n) is 17.0. The highest BCUT2D eigenvalue weighted by Gasteiger charge is 2.48. The summed E-state index contributed by atoms with van der Waals surface area (Å²) in [5.41, 5.74) is 0. The van der Waals surface area contributed by atoms with Crippen molar-refractivity contribution in [2.75, 3.05) is 26.4 Å². The summed E-state index contributed by atoms with van der Waals surface area (Å²) in [5, 5.41) is 30.7. The Morgan fingerprint density at radius 3 is 1.57 bits per heavy atom. The molecule has 6 unspecified atom stereocenters. The number of ether oxygens (including phenoxy) is 4. The van der Waals surface area contributed by atoms with E-state index in [1.807, 2.05) is 0 Å². The molecule has 0 aromatic rings. The molecule has 0 spiro atoms. The minimum absolute atomic E-state index is 0.0263. The first-order valence-electron chi connectivity index (χ1n) is 25.2. The van der Waals surface area contributed by atoms with Crippen LogP contribution in [0.15, 0.2) is 72.9 Å². The largest absolute Gasteiger partial charge is 0.457 e. The van der Waals surface area contributed by atoms with Crippen molar-refractivity contribution < 1.29 is 56.2 Å². The average molecular weight is 939 g/mol. The highest BCUT2D eigenvalue weighted by molar-refractivity contribution is 7.80. The van der Waals surface area contributed by atoms with Crippen molar-refractivity contribution in [3.63, 3.8) is 0 Å². The fourth-order valence-corrected chi connectivity index (χ4v) is 7.79. The zero-order chi connectivity index (χ0) is 47.5. The van der Waals surface area contributed by atoms with Gasteiger partial charge in [-0.2, -0.15) is 8.42 Å². The van der Waals surface area contributed by atoms with E-state index >= 15 is 0 Å². The predicted molar refractivity (Wildman–Crippen MR) is 262 cm³/mol. The van der Waals surface area contributed by atoms with E-state index in [1.165, 1.54) is 77.0 Å². The van der Waals surface area contributed by atoms with Gasteiger partial charge in [-0.3, -0.25) is 9.35 Å². The Morgan fingerprint density at radius 2 is 1.06 bits per heavy atom. The van der Waals surface area contributed by atoms with E-state index in [9.17, 15) is 33.1 Å². The van der Waals surface area contributed by atoms with Gasteiger partial charge in [0.05, 0.1) is 19.8 Å². The lowest BCUT2D eigenvalue weighted by molar-refractivity contribution is -0.301. The minimum atomic E-state index is -5.07. The fourth-order valence-electron chi connectivity index (χ4n) is 7.28.